The molecule has 1 aromatic heterocycles. The first-order valence-corrected chi connectivity index (χ1v) is 6.86. The molecule has 1 aliphatic carbocycles. The first kappa shape index (κ1) is 12.4. The van der Waals surface area contributed by atoms with Crippen molar-refractivity contribution in [2.45, 2.75) is 44.2 Å². The van der Waals surface area contributed by atoms with E-state index in [0.29, 0.717) is 5.75 Å². The second-order valence-corrected chi connectivity index (χ2v) is 5.28. The molecular formula is C12H16N2O2S. The summed E-state index contributed by atoms with van der Waals surface area (Å²) in [5, 5.41) is 9.31. The maximum absolute atomic E-state index is 10.4. The number of fused-ring (bicyclic) bond motifs is 1. The Labute approximate surface area is 105 Å². The highest BCUT2D eigenvalue weighted by molar-refractivity contribution is 7.99. The van der Waals surface area contributed by atoms with Gasteiger partial charge in [0.2, 0.25) is 0 Å². The van der Waals surface area contributed by atoms with E-state index in [1.165, 1.54) is 35.9 Å². The number of aliphatic carboxylic acids is 1. The molecule has 4 nitrogen and oxygen atoms in total. The summed E-state index contributed by atoms with van der Waals surface area (Å²) >= 11 is 1.43. The number of nitrogens with zero attached hydrogens (tertiary/aromatic N) is 2. The van der Waals surface area contributed by atoms with Gasteiger partial charge < -0.3 is 5.11 Å². The Bertz CT molecular complexity index is 435. The molecule has 92 valence electrons. The number of carboxylic acid groups (broad SMARTS) is 1. The number of carboxylic acids is 1. The van der Waals surface area contributed by atoms with E-state index in [0.717, 1.165) is 23.7 Å². The molecule has 2 rings (SSSR count). The van der Waals surface area contributed by atoms with Gasteiger partial charge in [-0.1, -0.05) is 11.8 Å². The van der Waals surface area contributed by atoms with Gasteiger partial charge in [-0.2, -0.15) is 0 Å². The zero-order valence-electron chi connectivity index (χ0n) is 9.90. The van der Waals surface area contributed by atoms with Crippen LogP contribution in [-0.4, -0.2) is 26.8 Å². The highest BCUT2D eigenvalue weighted by Crippen LogP contribution is 2.24. The molecule has 1 aromatic rings. The third kappa shape index (κ3) is 3.19. The van der Waals surface area contributed by atoms with Crippen LogP contribution in [0, 0.1) is 6.92 Å². The summed E-state index contributed by atoms with van der Waals surface area (Å²) in [5.41, 5.74) is 3.54. The van der Waals surface area contributed by atoms with Gasteiger partial charge in [0.1, 0.15) is 0 Å². The van der Waals surface area contributed by atoms with E-state index in [9.17, 15) is 4.79 Å². The van der Waals surface area contributed by atoms with Crippen molar-refractivity contribution in [3.63, 3.8) is 0 Å². The maximum Gasteiger partial charge on any atom is 0.304 e. The molecule has 0 aliphatic heterocycles. The average Bonchev–Trinajstić information content (AvgIpc) is 2.28. The number of aryl methyl sites for hydroxylation is 2. The molecule has 5 heteroatoms. The van der Waals surface area contributed by atoms with Crippen molar-refractivity contribution < 1.29 is 9.90 Å². The Morgan fingerprint density at radius 3 is 2.88 bits per heavy atom. The van der Waals surface area contributed by atoms with E-state index in [1.54, 1.807) is 0 Å². The number of hydrogen-bond acceptors (Lipinski definition) is 4. The Morgan fingerprint density at radius 1 is 1.35 bits per heavy atom. The molecular weight excluding hydrogens is 236 g/mol. The van der Waals surface area contributed by atoms with Crippen molar-refractivity contribution in [3.05, 3.63) is 17.0 Å². The van der Waals surface area contributed by atoms with Crippen LogP contribution in [0.25, 0.3) is 0 Å². The van der Waals surface area contributed by atoms with Crippen molar-refractivity contribution in [2.75, 3.05) is 5.75 Å². The molecule has 0 saturated carbocycles. The number of thioether (sulfide) groups is 1. The van der Waals surface area contributed by atoms with Gasteiger partial charge in [0.25, 0.3) is 0 Å². The number of aromatic nitrogens is 2. The summed E-state index contributed by atoms with van der Waals surface area (Å²) in [6, 6.07) is 0. The van der Waals surface area contributed by atoms with E-state index in [-0.39, 0.29) is 6.42 Å². The molecule has 0 radical (unpaired) electrons. The van der Waals surface area contributed by atoms with Gasteiger partial charge in [-0.05, 0) is 38.2 Å². The molecule has 0 amide bonds. The van der Waals surface area contributed by atoms with Gasteiger partial charge in [-0.3, -0.25) is 4.79 Å². The Balaban J connectivity index is 2.08. The highest BCUT2D eigenvalue weighted by atomic mass is 32.2. The quantitative estimate of drug-likeness (QED) is 0.657. The first-order chi connectivity index (χ1) is 8.16. The van der Waals surface area contributed by atoms with Crippen LogP contribution in [0.2, 0.25) is 0 Å². The molecule has 0 fully saturated rings. The third-order valence-corrected chi connectivity index (χ3v) is 3.77. The van der Waals surface area contributed by atoms with Gasteiger partial charge in [0, 0.05) is 17.1 Å². The normalized spacial score (nSPS) is 14.4. The number of carbonyl (C=O) groups is 1. The Hall–Kier alpha value is -1.10. The van der Waals surface area contributed by atoms with Crippen LogP contribution in [0.3, 0.4) is 0 Å². The van der Waals surface area contributed by atoms with Gasteiger partial charge in [0.05, 0.1) is 6.42 Å². The van der Waals surface area contributed by atoms with Crippen molar-refractivity contribution in [2.24, 2.45) is 0 Å². The highest BCUT2D eigenvalue weighted by Gasteiger charge is 2.15. The SMILES string of the molecule is Cc1nc(SCCC(=O)O)nc2c1CCCC2. The predicted molar refractivity (Wildman–Crippen MR) is 66.4 cm³/mol. The minimum atomic E-state index is -0.771. The van der Waals surface area contributed by atoms with Gasteiger partial charge in [-0.15, -0.1) is 0 Å². The van der Waals surface area contributed by atoms with E-state index in [4.69, 9.17) is 5.11 Å². The van der Waals surface area contributed by atoms with E-state index in [2.05, 4.69) is 9.97 Å². The molecule has 1 N–H and O–H groups in total. The van der Waals surface area contributed by atoms with Crippen molar-refractivity contribution in [1.29, 1.82) is 0 Å². The molecule has 1 aliphatic rings. The fourth-order valence-corrected chi connectivity index (χ4v) is 2.88. The lowest BCUT2D eigenvalue weighted by atomic mass is 9.95. The molecule has 0 spiro atoms. The second-order valence-electron chi connectivity index (χ2n) is 4.22. The fraction of sp³-hybridized carbons (Fsp3) is 0.583. The van der Waals surface area contributed by atoms with Crippen LogP contribution in [0.5, 0.6) is 0 Å². The smallest absolute Gasteiger partial charge is 0.304 e. The summed E-state index contributed by atoms with van der Waals surface area (Å²) in [6.07, 6.45) is 4.70. The van der Waals surface area contributed by atoms with E-state index < -0.39 is 5.97 Å². The van der Waals surface area contributed by atoms with Crippen molar-refractivity contribution >= 4 is 17.7 Å². The lowest BCUT2D eigenvalue weighted by Gasteiger charge is -2.17. The zero-order valence-corrected chi connectivity index (χ0v) is 10.7. The van der Waals surface area contributed by atoms with Crippen molar-refractivity contribution in [1.82, 2.24) is 9.97 Å². The minimum Gasteiger partial charge on any atom is -0.481 e. The predicted octanol–water partition coefficient (Wildman–Crippen LogP) is 2.23. The Morgan fingerprint density at radius 2 is 2.12 bits per heavy atom. The topological polar surface area (TPSA) is 63.1 Å². The van der Waals surface area contributed by atoms with Crippen LogP contribution in [-0.2, 0) is 17.6 Å². The molecule has 17 heavy (non-hydrogen) atoms. The summed E-state index contributed by atoms with van der Waals surface area (Å²) in [7, 11) is 0. The second kappa shape index (κ2) is 5.49. The lowest BCUT2D eigenvalue weighted by molar-refractivity contribution is -0.136. The molecule has 0 aromatic carbocycles. The van der Waals surface area contributed by atoms with E-state index in [1.807, 2.05) is 6.92 Å². The summed E-state index contributed by atoms with van der Waals surface area (Å²) in [6.45, 7) is 2.02. The largest absolute Gasteiger partial charge is 0.481 e. The molecule has 0 atom stereocenters. The van der Waals surface area contributed by atoms with Crippen molar-refractivity contribution in [3.8, 4) is 0 Å². The summed E-state index contributed by atoms with van der Waals surface area (Å²) < 4.78 is 0. The standard InChI is InChI=1S/C12H16N2O2S/c1-8-9-4-2-3-5-10(9)14-12(13-8)17-7-6-11(15)16/h2-7H2,1H3,(H,15,16). The Kier molecular flexibility index (Phi) is 3.99. The number of rotatable bonds is 4. The van der Waals surface area contributed by atoms with E-state index >= 15 is 0 Å². The first-order valence-electron chi connectivity index (χ1n) is 5.88. The monoisotopic (exact) mass is 252 g/mol. The number of hydrogen-bond donors (Lipinski definition) is 1. The van der Waals surface area contributed by atoms with Crippen LogP contribution in [0.4, 0.5) is 0 Å². The lowest BCUT2D eigenvalue weighted by Crippen LogP contribution is -2.10. The zero-order chi connectivity index (χ0) is 12.3. The third-order valence-electron chi connectivity index (χ3n) is 2.92. The molecule has 0 unspecified atom stereocenters. The molecule has 0 bridgehead atoms. The van der Waals surface area contributed by atoms with Crippen LogP contribution in [0.1, 0.15) is 36.2 Å². The summed E-state index contributed by atoms with van der Waals surface area (Å²) in [4.78, 5) is 19.4. The van der Waals surface area contributed by atoms with Crippen LogP contribution < -0.4 is 0 Å². The van der Waals surface area contributed by atoms with Crippen LogP contribution >= 0.6 is 11.8 Å². The fourth-order valence-electron chi connectivity index (χ4n) is 2.05. The maximum atomic E-state index is 10.4. The van der Waals surface area contributed by atoms with Gasteiger partial charge in [0.15, 0.2) is 5.16 Å². The van der Waals surface area contributed by atoms with Gasteiger partial charge in [-0.25, -0.2) is 9.97 Å². The van der Waals surface area contributed by atoms with Gasteiger partial charge >= 0.3 is 5.97 Å². The average molecular weight is 252 g/mol. The summed E-state index contributed by atoms with van der Waals surface area (Å²) in [5.74, 6) is -0.236. The minimum absolute atomic E-state index is 0.157. The molecule has 1 heterocycles. The molecule has 0 saturated heterocycles. The van der Waals surface area contributed by atoms with Crippen LogP contribution in [0.15, 0.2) is 5.16 Å².